The molecular formula is C22H25N3O7. The fourth-order valence-electron chi connectivity index (χ4n) is 3.09. The summed E-state index contributed by atoms with van der Waals surface area (Å²) in [5.41, 5.74) is 2.30. The summed E-state index contributed by atoms with van der Waals surface area (Å²) in [5.74, 6) is 0.426. The second kappa shape index (κ2) is 9.99. The highest BCUT2D eigenvalue weighted by atomic mass is 16.5. The predicted octanol–water partition coefficient (Wildman–Crippen LogP) is 2.38. The maximum atomic E-state index is 12.2. The number of methoxy groups -OCH3 is 1. The lowest BCUT2D eigenvalue weighted by Crippen LogP contribution is -2.41. The average Bonchev–Trinajstić information content (AvgIpc) is 3.35. The van der Waals surface area contributed by atoms with Gasteiger partial charge in [0, 0.05) is 19.2 Å². The van der Waals surface area contributed by atoms with Gasteiger partial charge in [-0.05, 0) is 44.5 Å². The smallest absolute Gasteiger partial charge is 0.331 e. The van der Waals surface area contributed by atoms with Crippen molar-refractivity contribution in [2.24, 2.45) is 0 Å². The van der Waals surface area contributed by atoms with Gasteiger partial charge < -0.3 is 24.1 Å². The molecule has 0 radical (unpaired) electrons. The lowest BCUT2D eigenvalue weighted by Gasteiger charge is -2.17. The van der Waals surface area contributed by atoms with Crippen molar-refractivity contribution in [1.82, 2.24) is 15.4 Å². The minimum Gasteiger partial charge on any atom is -0.493 e. The maximum absolute atomic E-state index is 12.2. The second-order valence-electron chi connectivity index (χ2n) is 7.14. The number of aromatic nitrogens is 1. The Morgan fingerprint density at radius 2 is 2.09 bits per heavy atom. The highest BCUT2D eigenvalue weighted by molar-refractivity contribution is 5.99. The number of amides is 3. The van der Waals surface area contributed by atoms with E-state index in [0.717, 1.165) is 16.2 Å². The average molecular weight is 443 g/mol. The molecule has 0 aliphatic carbocycles. The Morgan fingerprint density at radius 3 is 2.72 bits per heavy atom. The van der Waals surface area contributed by atoms with E-state index >= 15 is 0 Å². The fourth-order valence-corrected chi connectivity index (χ4v) is 3.09. The first-order valence-electron chi connectivity index (χ1n) is 10.0. The van der Waals surface area contributed by atoms with E-state index in [1.807, 2.05) is 13.8 Å². The van der Waals surface area contributed by atoms with Gasteiger partial charge >= 0.3 is 12.0 Å². The molecule has 3 rings (SSSR count). The zero-order chi connectivity index (χ0) is 23.3. The summed E-state index contributed by atoms with van der Waals surface area (Å²) in [4.78, 5) is 36.9. The van der Waals surface area contributed by atoms with Gasteiger partial charge in [0.15, 0.2) is 17.6 Å². The second-order valence-corrected chi connectivity index (χ2v) is 7.14. The van der Waals surface area contributed by atoms with Crippen LogP contribution < -0.4 is 14.8 Å². The molecule has 1 aromatic heterocycles. The number of carbonyl (C=O) groups is 3. The lowest BCUT2D eigenvalue weighted by atomic mass is 10.2. The molecule has 32 heavy (non-hydrogen) atoms. The number of carbonyl (C=O) groups excluding carboxylic acids is 3. The molecule has 0 saturated carbocycles. The first kappa shape index (κ1) is 22.9. The Morgan fingerprint density at radius 1 is 1.31 bits per heavy atom. The fraction of sp³-hybridized carbons (Fsp3) is 0.364. The van der Waals surface area contributed by atoms with Crippen LogP contribution in [0.3, 0.4) is 0 Å². The number of esters is 1. The number of ether oxygens (including phenoxy) is 3. The summed E-state index contributed by atoms with van der Waals surface area (Å²) in [6, 6.07) is 4.69. The molecule has 0 bridgehead atoms. The van der Waals surface area contributed by atoms with Gasteiger partial charge in [0.25, 0.3) is 5.91 Å². The molecule has 2 aromatic rings. The first-order valence-corrected chi connectivity index (χ1v) is 10.0. The van der Waals surface area contributed by atoms with E-state index in [0.29, 0.717) is 29.4 Å². The molecule has 1 aromatic carbocycles. The zero-order valence-corrected chi connectivity index (χ0v) is 18.3. The van der Waals surface area contributed by atoms with E-state index in [1.165, 1.54) is 26.2 Å². The van der Waals surface area contributed by atoms with Gasteiger partial charge in [-0.1, -0.05) is 11.2 Å². The van der Waals surface area contributed by atoms with E-state index < -0.39 is 24.0 Å². The molecular weight excluding hydrogens is 418 g/mol. The van der Waals surface area contributed by atoms with Crippen molar-refractivity contribution in [1.29, 1.82) is 0 Å². The minimum atomic E-state index is -1.08. The van der Waals surface area contributed by atoms with Crippen LogP contribution in [-0.4, -0.2) is 54.3 Å². The summed E-state index contributed by atoms with van der Waals surface area (Å²) in [6.07, 6.45) is 1.65. The van der Waals surface area contributed by atoms with Gasteiger partial charge in [0.05, 0.1) is 18.4 Å². The van der Waals surface area contributed by atoms with E-state index in [-0.39, 0.29) is 13.2 Å². The molecule has 1 atom stereocenters. The van der Waals surface area contributed by atoms with Crippen molar-refractivity contribution in [2.45, 2.75) is 33.5 Å². The Hall–Kier alpha value is -3.82. The number of nitrogens with zero attached hydrogens (tertiary/aromatic N) is 2. The molecule has 1 N–H and O–H groups in total. The number of benzene rings is 1. The van der Waals surface area contributed by atoms with Crippen LogP contribution in [0.2, 0.25) is 0 Å². The molecule has 1 fully saturated rings. The summed E-state index contributed by atoms with van der Waals surface area (Å²) in [6.45, 7) is 5.99. The predicted molar refractivity (Wildman–Crippen MR) is 113 cm³/mol. The van der Waals surface area contributed by atoms with Crippen LogP contribution in [0.5, 0.6) is 11.5 Å². The molecule has 0 spiro atoms. The molecule has 2 heterocycles. The Balaban J connectivity index is 1.59. The van der Waals surface area contributed by atoms with Crippen LogP contribution in [0.1, 0.15) is 29.5 Å². The van der Waals surface area contributed by atoms with Crippen molar-refractivity contribution >= 4 is 24.0 Å². The first-order chi connectivity index (χ1) is 15.3. The number of urea groups is 1. The molecule has 1 aliphatic heterocycles. The molecule has 1 saturated heterocycles. The van der Waals surface area contributed by atoms with Gasteiger partial charge in [-0.2, -0.15) is 0 Å². The number of nitrogens with one attached hydrogen (secondary N) is 1. The molecule has 3 amide bonds. The third-order valence-electron chi connectivity index (χ3n) is 4.92. The van der Waals surface area contributed by atoms with E-state index in [9.17, 15) is 14.4 Å². The maximum Gasteiger partial charge on any atom is 0.331 e. The van der Waals surface area contributed by atoms with Gasteiger partial charge in [-0.3, -0.25) is 9.69 Å². The Labute approximate surface area is 185 Å². The van der Waals surface area contributed by atoms with E-state index in [1.54, 1.807) is 18.2 Å². The molecule has 1 aliphatic rings. The molecule has 170 valence electrons. The lowest BCUT2D eigenvalue weighted by molar-refractivity contribution is -0.153. The van der Waals surface area contributed by atoms with Crippen molar-refractivity contribution in [3.05, 3.63) is 46.9 Å². The number of hydrogen-bond donors (Lipinski definition) is 1. The van der Waals surface area contributed by atoms with Gasteiger partial charge in [-0.25, -0.2) is 9.59 Å². The monoisotopic (exact) mass is 443 g/mol. The summed E-state index contributed by atoms with van der Waals surface area (Å²) in [7, 11) is 1.52. The van der Waals surface area contributed by atoms with E-state index in [4.69, 9.17) is 18.7 Å². The largest absolute Gasteiger partial charge is 0.493 e. The third kappa shape index (κ3) is 5.26. The number of aryl methyl sites for hydroxylation is 2. The highest BCUT2D eigenvalue weighted by Crippen LogP contribution is 2.30. The third-order valence-corrected chi connectivity index (χ3v) is 4.92. The summed E-state index contributed by atoms with van der Waals surface area (Å²) < 4.78 is 21.5. The van der Waals surface area contributed by atoms with Crippen LogP contribution in [0.15, 0.2) is 28.8 Å². The summed E-state index contributed by atoms with van der Waals surface area (Å²) in [5, 5.41) is 6.43. The molecule has 1 unspecified atom stereocenters. The van der Waals surface area contributed by atoms with Gasteiger partial charge in [-0.15, -0.1) is 0 Å². The number of rotatable bonds is 8. The Kier molecular flexibility index (Phi) is 7.14. The zero-order valence-electron chi connectivity index (χ0n) is 18.3. The number of hydrogen-bond acceptors (Lipinski definition) is 8. The van der Waals surface area contributed by atoms with Gasteiger partial charge in [0.1, 0.15) is 12.4 Å². The van der Waals surface area contributed by atoms with Crippen LogP contribution in [0.4, 0.5) is 4.79 Å². The van der Waals surface area contributed by atoms with Crippen molar-refractivity contribution < 1.29 is 33.1 Å². The van der Waals surface area contributed by atoms with Crippen LogP contribution in [-0.2, 0) is 20.9 Å². The summed E-state index contributed by atoms with van der Waals surface area (Å²) >= 11 is 0. The SMILES string of the molecule is COc1cc(/C=C/C(=O)OC(C)C(=O)N2CCNC2=O)ccc1OCc1c(C)noc1C. The van der Waals surface area contributed by atoms with E-state index in [2.05, 4.69) is 10.5 Å². The number of imide groups is 1. The van der Waals surface area contributed by atoms with Crippen LogP contribution in [0.25, 0.3) is 6.08 Å². The van der Waals surface area contributed by atoms with Crippen LogP contribution >= 0.6 is 0 Å². The highest BCUT2D eigenvalue weighted by Gasteiger charge is 2.31. The van der Waals surface area contributed by atoms with Crippen molar-refractivity contribution in [2.75, 3.05) is 20.2 Å². The molecule has 10 nitrogen and oxygen atoms in total. The van der Waals surface area contributed by atoms with Crippen molar-refractivity contribution in [3.8, 4) is 11.5 Å². The standard InChI is InChI=1S/C22H25N3O7/c1-13-17(14(2)32-24-13)12-30-18-7-5-16(11-19(18)29-4)6-8-20(26)31-15(3)21(27)25-10-9-23-22(25)28/h5-8,11,15H,9-10,12H2,1-4H3,(H,23,28)/b8-6+. The van der Waals surface area contributed by atoms with Crippen LogP contribution in [0, 0.1) is 13.8 Å². The minimum absolute atomic E-state index is 0.250. The quantitative estimate of drug-likeness (QED) is 0.488. The normalized spacial score (nSPS) is 14.4. The topological polar surface area (TPSA) is 120 Å². The molecule has 10 heteroatoms. The van der Waals surface area contributed by atoms with Crippen molar-refractivity contribution in [3.63, 3.8) is 0 Å². The van der Waals surface area contributed by atoms with Gasteiger partial charge in [0.2, 0.25) is 0 Å². The Bertz CT molecular complexity index is 1020.